The number of carbonyl (C=O) groups is 1. The fraction of sp³-hybridized carbons (Fsp3) is 0.278. The topological polar surface area (TPSA) is 44.8 Å². The van der Waals surface area contributed by atoms with Gasteiger partial charge in [-0.15, -0.1) is 0 Å². The number of hydrogen-bond donors (Lipinski definition) is 1. The molecule has 3 rings (SSSR count). The minimum absolute atomic E-state index is 0.156. The molecule has 2 amide bonds. The van der Waals surface area contributed by atoms with Crippen molar-refractivity contribution in [2.24, 2.45) is 0 Å². The Balaban J connectivity index is 1.58. The number of ether oxygens (including phenoxy) is 1. The normalized spacial score (nSPS) is 14.4. The molecule has 1 aliphatic rings. The average Bonchev–Trinajstić information content (AvgIpc) is 2.62. The summed E-state index contributed by atoms with van der Waals surface area (Å²) in [4.78, 5) is 16.1. The van der Waals surface area contributed by atoms with Crippen LogP contribution in [-0.2, 0) is 0 Å². The lowest BCUT2D eigenvalue weighted by molar-refractivity contribution is 0.208. The number of rotatable bonds is 3. The zero-order valence-electron chi connectivity index (χ0n) is 13.5. The number of hydrogen-bond acceptors (Lipinski definition) is 3. The number of urea groups is 1. The third-order valence-electron chi connectivity index (χ3n) is 4.08. The maximum Gasteiger partial charge on any atom is 0.321 e. The Kier molecular flexibility index (Phi) is 4.84. The summed E-state index contributed by atoms with van der Waals surface area (Å²) >= 11 is 0. The third-order valence-corrected chi connectivity index (χ3v) is 4.08. The Morgan fingerprint density at radius 3 is 2.54 bits per heavy atom. The predicted octanol–water partition coefficient (Wildman–Crippen LogP) is 3.19. The fourth-order valence-electron chi connectivity index (χ4n) is 2.76. The Bertz CT molecular complexity index is 715. The van der Waals surface area contributed by atoms with Gasteiger partial charge in [0.15, 0.2) is 0 Å². The minimum atomic E-state index is -0.230. The molecule has 1 aliphatic heterocycles. The maximum atomic E-state index is 13.8. The van der Waals surface area contributed by atoms with Crippen molar-refractivity contribution in [3.63, 3.8) is 0 Å². The summed E-state index contributed by atoms with van der Waals surface area (Å²) in [7, 11) is 1.59. The van der Waals surface area contributed by atoms with Gasteiger partial charge in [0.2, 0.25) is 0 Å². The van der Waals surface area contributed by atoms with E-state index in [1.807, 2.05) is 29.2 Å². The van der Waals surface area contributed by atoms with Gasteiger partial charge in [-0.1, -0.05) is 18.2 Å². The number of anilines is 2. The highest BCUT2D eigenvalue weighted by molar-refractivity contribution is 5.89. The van der Waals surface area contributed by atoms with Crippen LogP contribution in [0.3, 0.4) is 0 Å². The number of methoxy groups -OCH3 is 1. The van der Waals surface area contributed by atoms with E-state index in [9.17, 15) is 9.18 Å². The summed E-state index contributed by atoms with van der Waals surface area (Å²) in [6, 6.07) is 13.8. The summed E-state index contributed by atoms with van der Waals surface area (Å²) in [5, 5.41) is 2.87. The van der Waals surface area contributed by atoms with E-state index in [0.29, 0.717) is 43.3 Å². The van der Waals surface area contributed by atoms with E-state index < -0.39 is 0 Å². The van der Waals surface area contributed by atoms with Crippen LogP contribution >= 0.6 is 0 Å². The number of halogens is 1. The number of nitrogens with one attached hydrogen (secondary N) is 1. The summed E-state index contributed by atoms with van der Waals surface area (Å²) in [5.74, 6) is 0.462. The van der Waals surface area contributed by atoms with Crippen LogP contribution in [0.15, 0.2) is 48.5 Å². The molecule has 1 fully saturated rings. The lowest BCUT2D eigenvalue weighted by atomic mass is 10.2. The van der Waals surface area contributed by atoms with Gasteiger partial charge in [-0.3, -0.25) is 0 Å². The monoisotopic (exact) mass is 329 g/mol. The second-order valence-electron chi connectivity index (χ2n) is 5.59. The van der Waals surface area contributed by atoms with Gasteiger partial charge < -0.3 is 19.9 Å². The van der Waals surface area contributed by atoms with Gasteiger partial charge in [0.05, 0.1) is 12.8 Å². The van der Waals surface area contributed by atoms with Gasteiger partial charge in [-0.2, -0.15) is 0 Å². The van der Waals surface area contributed by atoms with Crippen molar-refractivity contribution in [3.8, 4) is 5.75 Å². The van der Waals surface area contributed by atoms with Crippen molar-refractivity contribution in [1.29, 1.82) is 0 Å². The predicted molar refractivity (Wildman–Crippen MR) is 92.2 cm³/mol. The summed E-state index contributed by atoms with van der Waals surface area (Å²) < 4.78 is 19.0. The van der Waals surface area contributed by atoms with Gasteiger partial charge in [0, 0.05) is 37.9 Å². The van der Waals surface area contributed by atoms with Gasteiger partial charge in [-0.05, 0) is 24.3 Å². The van der Waals surface area contributed by atoms with E-state index in [4.69, 9.17) is 4.74 Å². The van der Waals surface area contributed by atoms with E-state index in [2.05, 4.69) is 5.32 Å². The van der Waals surface area contributed by atoms with E-state index in [1.165, 1.54) is 6.07 Å². The Morgan fingerprint density at radius 2 is 1.83 bits per heavy atom. The number of amides is 2. The lowest BCUT2D eigenvalue weighted by Gasteiger charge is -2.36. The maximum absolute atomic E-state index is 13.8. The van der Waals surface area contributed by atoms with Crippen LogP contribution in [-0.4, -0.2) is 44.2 Å². The van der Waals surface area contributed by atoms with Crippen LogP contribution in [0, 0.1) is 5.82 Å². The number of benzene rings is 2. The van der Waals surface area contributed by atoms with Crippen molar-refractivity contribution in [2.45, 2.75) is 0 Å². The molecule has 0 atom stereocenters. The molecule has 0 bridgehead atoms. The molecule has 0 unspecified atom stereocenters. The Labute approximate surface area is 140 Å². The molecule has 0 saturated carbocycles. The Morgan fingerprint density at radius 1 is 1.08 bits per heavy atom. The first-order chi connectivity index (χ1) is 11.7. The summed E-state index contributed by atoms with van der Waals surface area (Å²) in [6.07, 6.45) is 0. The molecule has 1 heterocycles. The molecule has 0 aromatic heterocycles. The first-order valence-electron chi connectivity index (χ1n) is 7.87. The standard InChI is InChI=1S/C18H20FN3O2/c1-24-15-6-4-5-14(13-15)20-18(23)22-11-9-21(10-12-22)17-8-3-2-7-16(17)19/h2-8,13H,9-12H2,1H3,(H,20,23). The second kappa shape index (κ2) is 7.21. The molecule has 126 valence electrons. The summed E-state index contributed by atoms with van der Waals surface area (Å²) in [5.41, 5.74) is 1.28. The third kappa shape index (κ3) is 3.59. The average molecular weight is 329 g/mol. The quantitative estimate of drug-likeness (QED) is 0.940. The molecule has 0 aliphatic carbocycles. The van der Waals surface area contributed by atoms with Crippen LogP contribution in [0.1, 0.15) is 0 Å². The van der Waals surface area contributed by atoms with Crippen LogP contribution in [0.2, 0.25) is 0 Å². The summed E-state index contributed by atoms with van der Waals surface area (Å²) in [6.45, 7) is 2.30. The van der Waals surface area contributed by atoms with E-state index >= 15 is 0 Å². The number of nitrogens with zero attached hydrogens (tertiary/aromatic N) is 2. The van der Waals surface area contributed by atoms with Crippen LogP contribution < -0.4 is 15.0 Å². The first kappa shape index (κ1) is 16.1. The molecule has 2 aromatic rings. The van der Waals surface area contributed by atoms with E-state index in [-0.39, 0.29) is 11.8 Å². The number of carbonyl (C=O) groups excluding carboxylic acids is 1. The van der Waals surface area contributed by atoms with E-state index in [0.717, 1.165) is 0 Å². The van der Waals surface area contributed by atoms with Crippen molar-refractivity contribution < 1.29 is 13.9 Å². The molecule has 6 heteroatoms. The largest absolute Gasteiger partial charge is 0.497 e. The van der Waals surface area contributed by atoms with Crippen molar-refractivity contribution in [2.75, 3.05) is 43.5 Å². The highest BCUT2D eigenvalue weighted by Crippen LogP contribution is 2.21. The van der Waals surface area contributed by atoms with Crippen molar-refractivity contribution in [1.82, 2.24) is 4.90 Å². The van der Waals surface area contributed by atoms with Gasteiger partial charge in [-0.25, -0.2) is 9.18 Å². The molecule has 1 saturated heterocycles. The molecule has 5 nitrogen and oxygen atoms in total. The highest BCUT2D eigenvalue weighted by Gasteiger charge is 2.22. The van der Waals surface area contributed by atoms with E-state index in [1.54, 1.807) is 30.2 Å². The second-order valence-corrected chi connectivity index (χ2v) is 5.59. The Hall–Kier alpha value is -2.76. The molecular formula is C18H20FN3O2. The zero-order chi connectivity index (χ0) is 16.9. The molecule has 1 N–H and O–H groups in total. The zero-order valence-corrected chi connectivity index (χ0v) is 13.5. The van der Waals surface area contributed by atoms with Crippen LogP contribution in [0.25, 0.3) is 0 Å². The lowest BCUT2D eigenvalue weighted by Crippen LogP contribution is -2.50. The molecule has 24 heavy (non-hydrogen) atoms. The SMILES string of the molecule is COc1cccc(NC(=O)N2CCN(c3ccccc3F)CC2)c1. The molecular weight excluding hydrogens is 309 g/mol. The smallest absolute Gasteiger partial charge is 0.321 e. The van der Waals surface area contributed by atoms with Crippen LogP contribution in [0.4, 0.5) is 20.6 Å². The molecule has 2 aromatic carbocycles. The molecule has 0 radical (unpaired) electrons. The van der Waals surface area contributed by atoms with Crippen molar-refractivity contribution in [3.05, 3.63) is 54.3 Å². The molecule has 0 spiro atoms. The van der Waals surface area contributed by atoms with Crippen molar-refractivity contribution >= 4 is 17.4 Å². The van der Waals surface area contributed by atoms with Gasteiger partial charge >= 0.3 is 6.03 Å². The van der Waals surface area contributed by atoms with Crippen LogP contribution in [0.5, 0.6) is 5.75 Å². The first-order valence-corrected chi connectivity index (χ1v) is 7.87. The highest BCUT2D eigenvalue weighted by atomic mass is 19.1. The minimum Gasteiger partial charge on any atom is -0.497 e. The number of piperazine rings is 1. The van der Waals surface area contributed by atoms with Gasteiger partial charge in [0.1, 0.15) is 11.6 Å². The number of para-hydroxylation sites is 1. The fourth-order valence-corrected chi connectivity index (χ4v) is 2.76. The van der Waals surface area contributed by atoms with Gasteiger partial charge in [0.25, 0.3) is 0 Å².